The zero-order valence-corrected chi connectivity index (χ0v) is 13.5. The molecular formula is C16H26N6. The highest BCUT2D eigenvalue weighted by Gasteiger charge is 1.98. The first-order valence-corrected chi connectivity index (χ1v) is 7.88. The molecule has 0 atom stereocenters. The second-order valence-electron chi connectivity index (χ2n) is 5.23. The minimum absolute atomic E-state index is 0.813. The lowest BCUT2D eigenvalue weighted by Gasteiger charge is -2.11. The molecule has 0 radical (unpaired) electrons. The summed E-state index contributed by atoms with van der Waals surface area (Å²) in [6, 6.07) is 4.08. The van der Waals surface area contributed by atoms with Gasteiger partial charge < -0.3 is 15.2 Å². The van der Waals surface area contributed by atoms with Crippen LogP contribution in [-0.2, 0) is 20.0 Å². The van der Waals surface area contributed by atoms with Gasteiger partial charge in [-0.05, 0) is 37.5 Å². The largest absolute Gasteiger partial charge is 0.357 e. The van der Waals surface area contributed by atoms with Gasteiger partial charge >= 0.3 is 0 Å². The quantitative estimate of drug-likeness (QED) is 0.440. The molecule has 0 saturated carbocycles. The molecule has 6 heteroatoms. The van der Waals surface area contributed by atoms with Crippen LogP contribution >= 0.6 is 0 Å². The van der Waals surface area contributed by atoms with Crippen LogP contribution in [0.4, 0.5) is 0 Å². The lowest BCUT2D eigenvalue weighted by Crippen LogP contribution is -2.38. The number of aliphatic imine (C=N–C) groups is 1. The Balaban J connectivity index is 1.69. The van der Waals surface area contributed by atoms with E-state index in [-0.39, 0.29) is 0 Å². The third-order valence-electron chi connectivity index (χ3n) is 3.32. The molecule has 120 valence electrons. The molecule has 2 rings (SSSR count). The Morgan fingerprint density at radius 1 is 1.27 bits per heavy atom. The van der Waals surface area contributed by atoms with E-state index in [1.807, 2.05) is 30.1 Å². The van der Waals surface area contributed by atoms with Gasteiger partial charge in [0.1, 0.15) is 0 Å². The van der Waals surface area contributed by atoms with Crippen LogP contribution < -0.4 is 10.6 Å². The first kappa shape index (κ1) is 16.1. The van der Waals surface area contributed by atoms with Crippen LogP contribution in [-0.4, -0.2) is 39.9 Å². The van der Waals surface area contributed by atoms with Crippen molar-refractivity contribution in [2.24, 2.45) is 12.0 Å². The Morgan fingerprint density at radius 2 is 2.09 bits per heavy atom. The molecule has 0 bridgehead atoms. The van der Waals surface area contributed by atoms with E-state index in [9.17, 15) is 0 Å². The maximum atomic E-state index is 4.61. The van der Waals surface area contributed by atoms with E-state index < -0.39 is 0 Å². The minimum atomic E-state index is 0.813. The zero-order chi connectivity index (χ0) is 15.6. The first-order chi connectivity index (χ1) is 10.8. The van der Waals surface area contributed by atoms with Gasteiger partial charge in [0.05, 0.1) is 6.20 Å². The average Bonchev–Trinajstić information content (AvgIpc) is 3.15. The molecule has 2 heterocycles. The van der Waals surface area contributed by atoms with Crippen molar-refractivity contribution >= 4 is 5.96 Å². The number of hydrogen-bond acceptors (Lipinski definition) is 2. The number of guanidine groups is 1. The van der Waals surface area contributed by atoms with Gasteiger partial charge in [-0.15, -0.1) is 0 Å². The monoisotopic (exact) mass is 302 g/mol. The lowest BCUT2D eigenvalue weighted by atomic mass is 10.2. The third-order valence-corrected chi connectivity index (χ3v) is 3.32. The van der Waals surface area contributed by atoms with Gasteiger partial charge in [0, 0.05) is 51.8 Å². The Morgan fingerprint density at radius 3 is 2.77 bits per heavy atom. The van der Waals surface area contributed by atoms with E-state index in [0.717, 1.165) is 45.0 Å². The summed E-state index contributed by atoms with van der Waals surface area (Å²) in [4.78, 5) is 4.61. The summed E-state index contributed by atoms with van der Waals surface area (Å²) in [6.45, 7) is 5.57. The van der Waals surface area contributed by atoms with E-state index in [1.165, 1.54) is 5.56 Å². The van der Waals surface area contributed by atoms with Crippen molar-refractivity contribution < 1.29 is 0 Å². The Hall–Kier alpha value is -2.24. The second-order valence-corrected chi connectivity index (χ2v) is 5.23. The molecule has 0 unspecified atom stereocenters. The summed E-state index contributed by atoms with van der Waals surface area (Å²) in [5.41, 5.74) is 1.27. The van der Waals surface area contributed by atoms with Gasteiger partial charge in [-0.2, -0.15) is 5.10 Å². The van der Waals surface area contributed by atoms with Crippen molar-refractivity contribution in [3.8, 4) is 0 Å². The SMILES string of the molecule is CCNC(=NCCCc1cnn(C)c1)NCCn1cccc1. The van der Waals surface area contributed by atoms with Gasteiger partial charge in [-0.3, -0.25) is 9.67 Å². The fraction of sp³-hybridized carbons (Fsp3) is 0.500. The van der Waals surface area contributed by atoms with Crippen LogP contribution in [0.2, 0.25) is 0 Å². The Bertz CT molecular complexity index is 555. The predicted molar refractivity (Wildman–Crippen MR) is 89.9 cm³/mol. The summed E-state index contributed by atoms with van der Waals surface area (Å²) >= 11 is 0. The van der Waals surface area contributed by atoms with Crippen molar-refractivity contribution in [2.45, 2.75) is 26.3 Å². The molecule has 0 saturated heterocycles. The first-order valence-electron chi connectivity index (χ1n) is 7.88. The summed E-state index contributed by atoms with van der Waals surface area (Å²) in [5, 5.41) is 10.8. The molecule has 0 fully saturated rings. The Labute approximate surface area is 132 Å². The number of nitrogens with zero attached hydrogens (tertiary/aromatic N) is 4. The van der Waals surface area contributed by atoms with Gasteiger partial charge in [0.2, 0.25) is 0 Å². The van der Waals surface area contributed by atoms with E-state index in [2.05, 4.69) is 50.8 Å². The molecule has 6 nitrogen and oxygen atoms in total. The average molecular weight is 302 g/mol. The molecular weight excluding hydrogens is 276 g/mol. The van der Waals surface area contributed by atoms with Crippen molar-refractivity contribution in [2.75, 3.05) is 19.6 Å². The van der Waals surface area contributed by atoms with Crippen LogP contribution in [0.25, 0.3) is 0 Å². The second kappa shape index (κ2) is 8.92. The minimum Gasteiger partial charge on any atom is -0.357 e. The van der Waals surface area contributed by atoms with Gasteiger partial charge in [0.15, 0.2) is 5.96 Å². The van der Waals surface area contributed by atoms with E-state index >= 15 is 0 Å². The van der Waals surface area contributed by atoms with Gasteiger partial charge in [-0.1, -0.05) is 0 Å². The molecule has 2 aromatic rings. The highest BCUT2D eigenvalue weighted by atomic mass is 15.2. The van der Waals surface area contributed by atoms with E-state index in [0.29, 0.717) is 0 Å². The summed E-state index contributed by atoms with van der Waals surface area (Å²) in [7, 11) is 1.94. The van der Waals surface area contributed by atoms with E-state index in [4.69, 9.17) is 0 Å². The molecule has 0 aliphatic rings. The van der Waals surface area contributed by atoms with Crippen molar-refractivity contribution in [1.29, 1.82) is 0 Å². The van der Waals surface area contributed by atoms with Crippen molar-refractivity contribution in [3.05, 3.63) is 42.5 Å². The van der Waals surface area contributed by atoms with Gasteiger partial charge in [0.25, 0.3) is 0 Å². The Kier molecular flexibility index (Phi) is 6.54. The molecule has 0 aromatic carbocycles. The van der Waals surface area contributed by atoms with Crippen LogP contribution in [0, 0.1) is 0 Å². The maximum Gasteiger partial charge on any atom is 0.191 e. The van der Waals surface area contributed by atoms with Crippen LogP contribution in [0.3, 0.4) is 0 Å². The fourth-order valence-corrected chi connectivity index (χ4v) is 2.24. The maximum absolute atomic E-state index is 4.61. The molecule has 2 aromatic heterocycles. The molecule has 0 amide bonds. The summed E-state index contributed by atoms with van der Waals surface area (Å²) in [5.74, 6) is 0.890. The van der Waals surface area contributed by atoms with Crippen LogP contribution in [0.5, 0.6) is 0 Å². The third kappa shape index (κ3) is 5.63. The summed E-state index contributed by atoms with van der Waals surface area (Å²) in [6.07, 6.45) is 10.2. The van der Waals surface area contributed by atoms with Crippen molar-refractivity contribution in [3.63, 3.8) is 0 Å². The van der Waals surface area contributed by atoms with Crippen LogP contribution in [0.15, 0.2) is 41.9 Å². The molecule has 0 aliphatic carbocycles. The van der Waals surface area contributed by atoms with Crippen LogP contribution in [0.1, 0.15) is 18.9 Å². The fourth-order valence-electron chi connectivity index (χ4n) is 2.24. The number of rotatable bonds is 8. The molecule has 0 aliphatic heterocycles. The number of aryl methyl sites for hydroxylation is 2. The van der Waals surface area contributed by atoms with Crippen molar-refractivity contribution in [1.82, 2.24) is 25.0 Å². The molecule has 0 spiro atoms. The number of hydrogen-bond donors (Lipinski definition) is 2. The zero-order valence-electron chi connectivity index (χ0n) is 13.5. The number of nitrogens with one attached hydrogen (secondary N) is 2. The lowest BCUT2D eigenvalue weighted by molar-refractivity contribution is 0.664. The normalized spacial score (nSPS) is 11.6. The summed E-state index contributed by atoms with van der Waals surface area (Å²) < 4.78 is 3.99. The molecule has 2 N–H and O–H groups in total. The molecule has 22 heavy (non-hydrogen) atoms. The van der Waals surface area contributed by atoms with Gasteiger partial charge in [-0.25, -0.2) is 0 Å². The van der Waals surface area contributed by atoms with E-state index in [1.54, 1.807) is 0 Å². The number of aromatic nitrogens is 3. The topological polar surface area (TPSA) is 59.2 Å². The highest BCUT2D eigenvalue weighted by molar-refractivity contribution is 5.79. The predicted octanol–water partition coefficient (Wildman–Crippen LogP) is 1.41. The smallest absolute Gasteiger partial charge is 0.191 e. The standard InChI is InChI=1S/C16H26N6/c1-3-17-16(19-9-12-22-10-4-5-11-22)18-8-6-7-15-13-20-21(2)14-15/h4-5,10-11,13-14H,3,6-9,12H2,1-2H3,(H2,17,18,19). The highest BCUT2D eigenvalue weighted by Crippen LogP contribution is 2.00.